The van der Waals surface area contributed by atoms with Gasteiger partial charge in [-0.25, -0.2) is 0 Å². The minimum absolute atomic E-state index is 0.0203. The highest BCUT2D eigenvalue weighted by Gasteiger charge is 2.56. The molecule has 0 amide bonds. The van der Waals surface area contributed by atoms with E-state index < -0.39 is 0 Å². The van der Waals surface area contributed by atoms with Gasteiger partial charge in [0.2, 0.25) is 0 Å². The number of fused-ring (bicyclic) bond motifs is 1. The average molecular weight is 268 g/mol. The maximum atomic E-state index is 11.8. The van der Waals surface area contributed by atoms with Crippen LogP contribution in [0.3, 0.4) is 0 Å². The van der Waals surface area contributed by atoms with E-state index in [1.807, 2.05) is 0 Å². The topological polar surface area (TPSA) is 46.5 Å². The fourth-order valence-corrected chi connectivity index (χ4v) is 4.71. The summed E-state index contributed by atoms with van der Waals surface area (Å²) < 4.78 is 4.90. The highest BCUT2D eigenvalue weighted by molar-refractivity contribution is 5.70. The molecule has 2 fully saturated rings. The Kier molecular flexibility index (Phi) is 3.97. The van der Waals surface area contributed by atoms with Crippen molar-refractivity contribution in [3.8, 4) is 0 Å². The van der Waals surface area contributed by atoms with Crippen LogP contribution >= 0.6 is 0 Å². The summed E-state index contributed by atoms with van der Waals surface area (Å²) in [6.45, 7) is 6.71. The first-order valence-corrected chi connectivity index (χ1v) is 7.59. The molecule has 0 aromatic heterocycles. The number of hydrogen-bond donors (Lipinski definition) is 1. The number of methoxy groups -OCH3 is 1. The highest BCUT2D eigenvalue weighted by Crippen LogP contribution is 2.61. The van der Waals surface area contributed by atoms with E-state index in [9.17, 15) is 9.90 Å². The number of carbonyl (C=O) groups is 1. The zero-order chi connectivity index (χ0) is 14.3. The van der Waals surface area contributed by atoms with Crippen LogP contribution in [0.1, 0.15) is 59.3 Å². The second kappa shape index (κ2) is 5.08. The molecule has 2 rings (SSSR count). The van der Waals surface area contributed by atoms with Gasteiger partial charge < -0.3 is 9.84 Å². The number of aliphatic hydroxyl groups is 1. The van der Waals surface area contributed by atoms with Gasteiger partial charge in [0.15, 0.2) is 0 Å². The van der Waals surface area contributed by atoms with E-state index >= 15 is 0 Å². The fourth-order valence-electron chi connectivity index (χ4n) is 4.71. The van der Waals surface area contributed by atoms with E-state index in [1.54, 1.807) is 0 Å². The Morgan fingerprint density at radius 2 is 2.00 bits per heavy atom. The van der Waals surface area contributed by atoms with Gasteiger partial charge in [0.25, 0.3) is 0 Å². The van der Waals surface area contributed by atoms with E-state index in [2.05, 4.69) is 20.8 Å². The Bertz CT molecular complexity index is 354. The van der Waals surface area contributed by atoms with Crippen LogP contribution in [0.5, 0.6) is 0 Å². The molecule has 0 unspecified atom stereocenters. The quantitative estimate of drug-likeness (QED) is 0.783. The lowest BCUT2D eigenvalue weighted by molar-refractivity contribution is -0.163. The fraction of sp³-hybridized carbons (Fsp3) is 0.938. The van der Waals surface area contributed by atoms with Crippen molar-refractivity contribution < 1.29 is 14.6 Å². The Hall–Kier alpha value is -0.570. The summed E-state index contributed by atoms with van der Waals surface area (Å²) in [6.07, 6.45) is 5.56. The summed E-state index contributed by atoms with van der Waals surface area (Å²) in [7, 11) is 1.47. The van der Waals surface area contributed by atoms with Crippen LogP contribution in [0.4, 0.5) is 0 Å². The molecule has 19 heavy (non-hydrogen) atoms. The second-order valence-electron chi connectivity index (χ2n) is 7.20. The normalized spacial score (nSPS) is 46.5. The van der Waals surface area contributed by atoms with Gasteiger partial charge in [-0.2, -0.15) is 0 Å². The minimum atomic E-state index is -0.212. The molecular formula is C16H28O3. The molecule has 2 aliphatic rings. The van der Waals surface area contributed by atoms with Gasteiger partial charge in [-0.05, 0) is 48.3 Å². The van der Waals surface area contributed by atoms with Gasteiger partial charge in [0.05, 0.1) is 19.6 Å². The lowest BCUT2D eigenvalue weighted by Gasteiger charge is -2.59. The summed E-state index contributed by atoms with van der Waals surface area (Å²) in [5.74, 6) is 0.820. The molecule has 0 radical (unpaired) electrons. The summed E-state index contributed by atoms with van der Waals surface area (Å²) in [5.41, 5.74) is -0.0605. The Morgan fingerprint density at radius 1 is 1.32 bits per heavy atom. The van der Waals surface area contributed by atoms with Crippen molar-refractivity contribution in [1.29, 1.82) is 0 Å². The number of carbonyl (C=O) groups excluding carboxylic acids is 1. The maximum Gasteiger partial charge on any atom is 0.306 e. The van der Waals surface area contributed by atoms with Crippen LogP contribution in [0.2, 0.25) is 0 Å². The predicted molar refractivity (Wildman–Crippen MR) is 74.6 cm³/mol. The molecule has 3 nitrogen and oxygen atoms in total. The third-order valence-electron chi connectivity index (χ3n) is 6.32. The molecular weight excluding hydrogens is 240 g/mol. The first kappa shape index (κ1) is 14.8. The molecule has 1 N–H and O–H groups in total. The van der Waals surface area contributed by atoms with Gasteiger partial charge in [-0.15, -0.1) is 0 Å². The number of aliphatic hydroxyl groups excluding tert-OH is 1. The van der Waals surface area contributed by atoms with Crippen molar-refractivity contribution in [2.75, 3.05) is 7.11 Å². The lowest BCUT2D eigenvalue weighted by Crippen LogP contribution is -2.55. The van der Waals surface area contributed by atoms with Gasteiger partial charge in [-0.3, -0.25) is 4.79 Å². The van der Waals surface area contributed by atoms with Gasteiger partial charge >= 0.3 is 5.97 Å². The van der Waals surface area contributed by atoms with Crippen LogP contribution in [0, 0.1) is 22.7 Å². The van der Waals surface area contributed by atoms with Crippen molar-refractivity contribution in [1.82, 2.24) is 0 Å². The Morgan fingerprint density at radius 3 is 2.63 bits per heavy atom. The van der Waals surface area contributed by atoms with Crippen LogP contribution in [-0.2, 0) is 9.53 Å². The lowest BCUT2D eigenvalue weighted by atomic mass is 9.46. The van der Waals surface area contributed by atoms with E-state index in [0.717, 1.165) is 32.1 Å². The van der Waals surface area contributed by atoms with Crippen molar-refractivity contribution in [3.63, 3.8) is 0 Å². The standard InChI is InChI=1S/C16H28O3/c1-11-8-9-15(2)12(6-5-7-13(15)17)16(11,3)10-14(18)19-4/h11-13,17H,5-10H2,1-4H3/t11-,12+,13-,15-,16+/m0/s1. The molecule has 0 aromatic rings. The summed E-state index contributed by atoms with van der Waals surface area (Å²) in [4.78, 5) is 11.8. The van der Waals surface area contributed by atoms with E-state index in [0.29, 0.717) is 18.3 Å². The molecule has 2 saturated carbocycles. The molecule has 5 atom stereocenters. The first-order valence-electron chi connectivity index (χ1n) is 7.59. The first-order chi connectivity index (χ1) is 8.84. The zero-order valence-corrected chi connectivity index (χ0v) is 12.7. The van der Waals surface area contributed by atoms with Crippen LogP contribution in [0.15, 0.2) is 0 Å². The van der Waals surface area contributed by atoms with Crippen molar-refractivity contribution in [2.45, 2.75) is 65.4 Å². The number of ether oxygens (including phenoxy) is 1. The van der Waals surface area contributed by atoms with Crippen LogP contribution in [0.25, 0.3) is 0 Å². The predicted octanol–water partition coefficient (Wildman–Crippen LogP) is 3.15. The number of esters is 1. The van der Waals surface area contributed by atoms with Gasteiger partial charge in [-0.1, -0.05) is 27.2 Å². The Balaban J connectivity index is 2.31. The zero-order valence-electron chi connectivity index (χ0n) is 12.7. The third-order valence-corrected chi connectivity index (χ3v) is 6.32. The molecule has 0 saturated heterocycles. The van der Waals surface area contributed by atoms with Gasteiger partial charge in [0.1, 0.15) is 0 Å². The van der Waals surface area contributed by atoms with Crippen molar-refractivity contribution in [2.24, 2.45) is 22.7 Å². The van der Waals surface area contributed by atoms with Gasteiger partial charge in [0, 0.05) is 0 Å². The van der Waals surface area contributed by atoms with Crippen molar-refractivity contribution >= 4 is 5.97 Å². The highest BCUT2D eigenvalue weighted by atomic mass is 16.5. The summed E-state index contributed by atoms with van der Waals surface area (Å²) >= 11 is 0. The molecule has 3 heteroatoms. The van der Waals surface area contributed by atoms with Crippen LogP contribution < -0.4 is 0 Å². The number of hydrogen-bond acceptors (Lipinski definition) is 3. The molecule has 0 heterocycles. The smallest absolute Gasteiger partial charge is 0.306 e. The molecule has 2 aliphatic carbocycles. The largest absolute Gasteiger partial charge is 0.469 e. The molecule has 110 valence electrons. The summed E-state index contributed by atoms with van der Waals surface area (Å²) in [5, 5.41) is 10.5. The van der Waals surface area contributed by atoms with E-state index in [-0.39, 0.29) is 22.9 Å². The molecule has 0 bridgehead atoms. The maximum absolute atomic E-state index is 11.8. The van der Waals surface area contributed by atoms with Crippen molar-refractivity contribution in [3.05, 3.63) is 0 Å². The third kappa shape index (κ3) is 2.31. The molecule has 0 aromatic carbocycles. The number of rotatable bonds is 2. The Labute approximate surface area is 116 Å². The molecule has 0 spiro atoms. The van der Waals surface area contributed by atoms with E-state index in [1.165, 1.54) is 7.11 Å². The average Bonchev–Trinajstić information content (AvgIpc) is 2.37. The minimum Gasteiger partial charge on any atom is -0.469 e. The summed E-state index contributed by atoms with van der Waals surface area (Å²) in [6, 6.07) is 0. The SMILES string of the molecule is COC(=O)C[C@@]1(C)[C@@H]2CCC[C@H](O)[C@@]2(C)CC[C@@H]1C. The van der Waals surface area contributed by atoms with E-state index in [4.69, 9.17) is 4.74 Å². The monoisotopic (exact) mass is 268 g/mol. The molecule has 0 aliphatic heterocycles. The second-order valence-corrected chi connectivity index (χ2v) is 7.20. The van der Waals surface area contributed by atoms with Crippen LogP contribution in [-0.4, -0.2) is 24.3 Å².